The Kier molecular flexibility index (Phi) is 2.72. The second-order valence-corrected chi connectivity index (χ2v) is 6.81. The molecular formula is C22H19N. The summed E-state index contributed by atoms with van der Waals surface area (Å²) in [5, 5.41) is 0. The average molecular weight is 297 g/mol. The number of rotatable bonds is 1. The maximum Gasteiger partial charge on any atom is 0.0702 e. The van der Waals surface area contributed by atoms with E-state index in [1.165, 1.54) is 47.9 Å². The molecule has 0 atom stereocenters. The molecule has 1 spiro atoms. The predicted octanol–water partition coefficient (Wildman–Crippen LogP) is 5.59. The van der Waals surface area contributed by atoms with E-state index in [-0.39, 0.29) is 5.41 Å². The van der Waals surface area contributed by atoms with E-state index in [0.29, 0.717) is 0 Å². The molecular weight excluding hydrogens is 278 g/mol. The molecule has 0 unspecified atom stereocenters. The molecule has 1 heterocycles. The van der Waals surface area contributed by atoms with Crippen molar-refractivity contribution < 1.29 is 0 Å². The lowest BCUT2D eigenvalue weighted by atomic mass is 9.76. The number of hydrogen-bond donors (Lipinski definition) is 0. The molecule has 1 aromatic heterocycles. The first-order valence-electron chi connectivity index (χ1n) is 8.54. The maximum absolute atomic E-state index is 4.54. The summed E-state index contributed by atoms with van der Waals surface area (Å²) >= 11 is 0. The van der Waals surface area contributed by atoms with Crippen molar-refractivity contribution in [2.75, 3.05) is 0 Å². The third-order valence-electron chi connectivity index (χ3n) is 5.69. The highest BCUT2D eigenvalue weighted by atomic mass is 14.7. The zero-order chi connectivity index (χ0) is 15.3. The van der Waals surface area contributed by atoms with Crippen LogP contribution >= 0.6 is 0 Å². The molecule has 112 valence electrons. The van der Waals surface area contributed by atoms with Gasteiger partial charge in [-0.2, -0.15) is 0 Å². The van der Waals surface area contributed by atoms with Gasteiger partial charge in [0.2, 0.25) is 0 Å². The van der Waals surface area contributed by atoms with E-state index in [0.717, 1.165) is 5.69 Å². The van der Waals surface area contributed by atoms with Gasteiger partial charge in [-0.25, -0.2) is 0 Å². The molecule has 0 aliphatic heterocycles. The largest absolute Gasteiger partial charge is 0.256 e. The molecule has 5 rings (SSSR count). The highest BCUT2D eigenvalue weighted by Gasteiger charge is 2.44. The van der Waals surface area contributed by atoms with Gasteiger partial charge in [-0.3, -0.25) is 4.98 Å². The van der Waals surface area contributed by atoms with Gasteiger partial charge >= 0.3 is 0 Å². The van der Waals surface area contributed by atoms with Crippen molar-refractivity contribution >= 4 is 0 Å². The van der Waals surface area contributed by atoms with Crippen molar-refractivity contribution in [3.05, 3.63) is 78.0 Å². The van der Waals surface area contributed by atoms with E-state index < -0.39 is 0 Å². The van der Waals surface area contributed by atoms with Crippen LogP contribution in [0, 0.1) is 0 Å². The van der Waals surface area contributed by atoms with Crippen LogP contribution in [0.2, 0.25) is 0 Å². The van der Waals surface area contributed by atoms with Gasteiger partial charge < -0.3 is 0 Å². The van der Waals surface area contributed by atoms with E-state index in [4.69, 9.17) is 0 Å². The minimum atomic E-state index is 0.247. The highest BCUT2D eigenvalue weighted by molar-refractivity contribution is 5.83. The summed E-state index contributed by atoms with van der Waals surface area (Å²) < 4.78 is 0. The van der Waals surface area contributed by atoms with E-state index >= 15 is 0 Å². The predicted molar refractivity (Wildman–Crippen MR) is 94.4 cm³/mol. The quantitative estimate of drug-likeness (QED) is 0.570. The topological polar surface area (TPSA) is 12.9 Å². The van der Waals surface area contributed by atoms with Gasteiger partial charge in [0.1, 0.15) is 0 Å². The molecule has 0 N–H and O–H groups in total. The summed E-state index contributed by atoms with van der Waals surface area (Å²) in [5.74, 6) is 0. The lowest BCUT2D eigenvalue weighted by molar-refractivity contribution is 0.550. The van der Waals surface area contributed by atoms with E-state index in [9.17, 15) is 0 Å². The van der Waals surface area contributed by atoms with Crippen molar-refractivity contribution in [1.82, 2.24) is 4.98 Å². The van der Waals surface area contributed by atoms with Gasteiger partial charge in [-0.1, -0.05) is 55.3 Å². The van der Waals surface area contributed by atoms with Crippen molar-refractivity contribution in [2.24, 2.45) is 0 Å². The molecule has 2 aromatic carbocycles. The number of benzene rings is 2. The van der Waals surface area contributed by atoms with Crippen LogP contribution in [0.1, 0.15) is 36.8 Å². The number of nitrogens with zero attached hydrogens (tertiary/aromatic N) is 1. The Morgan fingerprint density at radius 2 is 1.52 bits per heavy atom. The normalized spacial score (nSPS) is 17.2. The maximum atomic E-state index is 4.54. The van der Waals surface area contributed by atoms with Crippen molar-refractivity contribution in [1.29, 1.82) is 0 Å². The Balaban J connectivity index is 1.76. The van der Waals surface area contributed by atoms with Gasteiger partial charge in [0.25, 0.3) is 0 Å². The fourth-order valence-electron chi connectivity index (χ4n) is 4.67. The van der Waals surface area contributed by atoms with Gasteiger partial charge in [0.05, 0.1) is 5.69 Å². The second kappa shape index (κ2) is 4.79. The Morgan fingerprint density at radius 3 is 2.35 bits per heavy atom. The molecule has 2 aliphatic carbocycles. The molecule has 0 amide bonds. The number of fused-ring (bicyclic) bond motifs is 5. The van der Waals surface area contributed by atoms with Crippen LogP contribution in [0.15, 0.2) is 66.9 Å². The van der Waals surface area contributed by atoms with Crippen LogP contribution in [-0.4, -0.2) is 4.98 Å². The van der Waals surface area contributed by atoms with Crippen molar-refractivity contribution in [3.8, 4) is 22.4 Å². The first-order valence-corrected chi connectivity index (χ1v) is 8.54. The summed E-state index contributed by atoms with van der Waals surface area (Å²) in [7, 11) is 0. The van der Waals surface area contributed by atoms with Crippen molar-refractivity contribution in [3.63, 3.8) is 0 Å². The molecule has 0 radical (unpaired) electrons. The molecule has 1 fully saturated rings. The van der Waals surface area contributed by atoms with Crippen LogP contribution in [0.5, 0.6) is 0 Å². The first kappa shape index (κ1) is 13.1. The molecule has 0 saturated heterocycles. The number of pyridine rings is 1. The Hall–Kier alpha value is -2.41. The number of aromatic nitrogens is 1. The lowest BCUT2D eigenvalue weighted by Crippen LogP contribution is -2.20. The summed E-state index contributed by atoms with van der Waals surface area (Å²) in [6.45, 7) is 0. The highest BCUT2D eigenvalue weighted by Crippen LogP contribution is 2.57. The second-order valence-electron chi connectivity index (χ2n) is 6.81. The van der Waals surface area contributed by atoms with Crippen LogP contribution < -0.4 is 0 Å². The molecule has 1 nitrogen and oxygen atoms in total. The number of hydrogen-bond acceptors (Lipinski definition) is 1. The zero-order valence-corrected chi connectivity index (χ0v) is 13.1. The molecule has 3 aromatic rings. The monoisotopic (exact) mass is 297 g/mol. The van der Waals surface area contributed by atoms with Crippen LogP contribution in [0.3, 0.4) is 0 Å². The molecule has 2 aliphatic rings. The fraction of sp³-hybridized carbons (Fsp3) is 0.227. The SMILES string of the molecule is c1ccc(-c2ccc3c(c2)C2(CCCC2)c2ccccc2-3)nc1. The summed E-state index contributed by atoms with van der Waals surface area (Å²) in [6, 6.07) is 22.1. The first-order chi connectivity index (χ1) is 11.4. The van der Waals surface area contributed by atoms with Crippen LogP contribution in [0.4, 0.5) is 0 Å². The van der Waals surface area contributed by atoms with Crippen LogP contribution in [-0.2, 0) is 5.41 Å². The fourth-order valence-corrected chi connectivity index (χ4v) is 4.67. The average Bonchev–Trinajstić information content (AvgIpc) is 3.22. The Morgan fingerprint density at radius 1 is 0.739 bits per heavy atom. The van der Waals surface area contributed by atoms with Crippen LogP contribution in [0.25, 0.3) is 22.4 Å². The third kappa shape index (κ3) is 1.77. The van der Waals surface area contributed by atoms with Gasteiger partial charge in [-0.05, 0) is 53.3 Å². The van der Waals surface area contributed by atoms with Crippen molar-refractivity contribution in [2.45, 2.75) is 31.1 Å². The summed E-state index contributed by atoms with van der Waals surface area (Å²) in [6.07, 6.45) is 7.11. The third-order valence-corrected chi connectivity index (χ3v) is 5.69. The van der Waals surface area contributed by atoms with Gasteiger partial charge in [0.15, 0.2) is 0 Å². The minimum Gasteiger partial charge on any atom is -0.256 e. The molecule has 23 heavy (non-hydrogen) atoms. The zero-order valence-electron chi connectivity index (χ0n) is 13.1. The lowest BCUT2D eigenvalue weighted by Gasteiger charge is -2.26. The Bertz CT molecular complexity index is 873. The summed E-state index contributed by atoms with van der Waals surface area (Å²) in [5.41, 5.74) is 8.50. The minimum absolute atomic E-state index is 0.247. The van der Waals surface area contributed by atoms with E-state index in [2.05, 4.69) is 59.6 Å². The Labute approximate surface area is 137 Å². The summed E-state index contributed by atoms with van der Waals surface area (Å²) in [4.78, 5) is 4.54. The van der Waals surface area contributed by atoms with Gasteiger partial charge in [0, 0.05) is 17.2 Å². The van der Waals surface area contributed by atoms with E-state index in [1.54, 1.807) is 5.56 Å². The van der Waals surface area contributed by atoms with E-state index in [1.807, 2.05) is 12.3 Å². The van der Waals surface area contributed by atoms with Gasteiger partial charge in [-0.15, -0.1) is 0 Å². The molecule has 1 saturated carbocycles. The molecule has 0 bridgehead atoms. The standard InChI is InChI=1S/C22H19N/c1-2-8-19-17(7-1)18-11-10-16(21-9-3-6-14-23-21)15-20(18)22(19)12-4-5-13-22/h1-3,6-11,14-15H,4-5,12-13H2. The molecule has 1 heteroatoms. The smallest absolute Gasteiger partial charge is 0.0702 e.